The maximum atomic E-state index is 7.02. The first-order valence-corrected chi connectivity index (χ1v) is 22.3. The minimum absolute atomic E-state index is 0.0162. The summed E-state index contributed by atoms with van der Waals surface area (Å²) in [7, 11) is 0. The molecule has 0 N–H and O–H groups in total. The summed E-state index contributed by atoms with van der Waals surface area (Å²) in [6, 6.07) is 46.2. The van der Waals surface area contributed by atoms with E-state index < -0.39 is 0 Å². The van der Waals surface area contributed by atoms with E-state index in [-0.39, 0.29) is 27.1 Å². The molecule has 0 atom stereocenters. The zero-order valence-electron chi connectivity index (χ0n) is 39.6. The number of allylic oxidation sites excluding steroid dienone is 2. The Kier molecular flexibility index (Phi) is 10.5. The average molecular weight is 823 g/mol. The van der Waals surface area contributed by atoms with E-state index in [1.165, 1.54) is 50.1 Å². The van der Waals surface area contributed by atoms with Crippen LogP contribution in [0.5, 0.6) is 11.5 Å². The second kappa shape index (κ2) is 15.2. The maximum absolute atomic E-state index is 7.02. The highest BCUT2D eigenvalue weighted by Gasteiger charge is 2.42. The minimum atomic E-state index is -0.155. The Balaban J connectivity index is 1.23. The van der Waals surface area contributed by atoms with Crippen molar-refractivity contribution < 1.29 is 4.74 Å². The molecule has 2 aromatic heterocycles. The number of hydrogen-bond donors (Lipinski definition) is 0. The number of aromatic nitrogens is 2. The molecule has 3 heterocycles. The zero-order chi connectivity index (χ0) is 44.6. The number of rotatable bonds is 7. The molecule has 0 spiro atoms. The normalized spacial score (nSPS) is 14.4. The summed E-state index contributed by atoms with van der Waals surface area (Å²) in [5.74, 6) is 2.51. The van der Waals surface area contributed by atoms with Gasteiger partial charge in [0, 0.05) is 68.1 Å². The lowest BCUT2D eigenvalue weighted by Gasteiger charge is -2.34. The van der Waals surface area contributed by atoms with Crippen LogP contribution in [-0.4, -0.2) is 16.2 Å². The molecule has 0 bridgehead atoms. The monoisotopic (exact) mass is 823 g/mol. The molecule has 5 heteroatoms. The molecule has 320 valence electrons. The lowest BCUT2D eigenvalue weighted by atomic mass is 9.78. The second-order valence-corrected chi connectivity index (χ2v) is 22.0. The number of nitrogens with zero attached hydrogens (tertiary/aromatic N) is 4. The lowest BCUT2D eigenvalue weighted by Crippen LogP contribution is -2.31. The van der Waals surface area contributed by atoms with Gasteiger partial charge in [0.1, 0.15) is 17.3 Å². The molecule has 8 rings (SSSR count). The fourth-order valence-corrected chi connectivity index (χ4v) is 9.39. The summed E-state index contributed by atoms with van der Waals surface area (Å²) in [4.78, 5) is 10.0. The van der Waals surface area contributed by atoms with Gasteiger partial charge in [0.15, 0.2) is 0 Å². The topological polar surface area (TPSA) is 33.5 Å². The van der Waals surface area contributed by atoms with E-state index in [0.29, 0.717) is 6.67 Å². The molecule has 0 radical (unpaired) electrons. The zero-order valence-corrected chi connectivity index (χ0v) is 39.6. The molecule has 7 aromatic rings. The van der Waals surface area contributed by atoms with Crippen molar-refractivity contribution in [3.05, 3.63) is 167 Å². The van der Waals surface area contributed by atoms with Crippen molar-refractivity contribution in [2.45, 2.75) is 113 Å². The van der Waals surface area contributed by atoms with Crippen LogP contribution in [0.15, 0.2) is 145 Å². The first-order chi connectivity index (χ1) is 29.0. The van der Waals surface area contributed by atoms with Crippen LogP contribution in [0.1, 0.15) is 119 Å². The third-order valence-electron chi connectivity index (χ3n) is 12.6. The summed E-state index contributed by atoms with van der Waals surface area (Å²) in [6.07, 6.45) is 1.94. The van der Waals surface area contributed by atoms with Gasteiger partial charge < -0.3 is 14.5 Å². The Morgan fingerprint density at radius 2 is 1.06 bits per heavy atom. The van der Waals surface area contributed by atoms with Crippen molar-refractivity contribution in [3.8, 4) is 17.3 Å². The molecule has 1 aliphatic heterocycles. The largest absolute Gasteiger partial charge is 0.457 e. The number of hydrogen-bond acceptors (Lipinski definition) is 4. The van der Waals surface area contributed by atoms with E-state index in [1.54, 1.807) is 0 Å². The van der Waals surface area contributed by atoms with E-state index >= 15 is 0 Å². The van der Waals surface area contributed by atoms with Crippen LogP contribution in [0.3, 0.4) is 0 Å². The van der Waals surface area contributed by atoms with E-state index in [1.807, 2.05) is 6.20 Å². The number of ether oxygens (including phenoxy) is 1. The highest BCUT2D eigenvalue weighted by atomic mass is 16.5. The van der Waals surface area contributed by atoms with Gasteiger partial charge in [0.25, 0.3) is 0 Å². The van der Waals surface area contributed by atoms with E-state index in [0.717, 1.165) is 34.0 Å². The smallest absolute Gasteiger partial charge is 0.137 e. The summed E-state index contributed by atoms with van der Waals surface area (Å²) in [5.41, 5.74) is 11.7. The van der Waals surface area contributed by atoms with Gasteiger partial charge in [-0.15, -0.1) is 0 Å². The lowest BCUT2D eigenvalue weighted by molar-refractivity contribution is 0.444. The molecule has 62 heavy (non-hydrogen) atoms. The van der Waals surface area contributed by atoms with Crippen molar-refractivity contribution in [1.29, 1.82) is 0 Å². The van der Waals surface area contributed by atoms with Crippen molar-refractivity contribution in [1.82, 2.24) is 9.55 Å². The third kappa shape index (κ3) is 7.91. The number of para-hydroxylation sites is 1. The Labute approximate surface area is 371 Å². The quantitative estimate of drug-likeness (QED) is 0.160. The second-order valence-electron chi connectivity index (χ2n) is 22.0. The Morgan fingerprint density at radius 3 is 1.69 bits per heavy atom. The van der Waals surface area contributed by atoms with Crippen LogP contribution in [0, 0.1) is 10.8 Å². The average Bonchev–Trinajstić information content (AvgIpc) is 3.79. The van der Waals surface area contributed by atoms with Gasteiger partial charge in [-0.3, -0.25) is 4.57 Å². The van der Waals surface area contributed by atoms with E-state index in [2.05, 4.69) is 239 Å². The highest BCUT2D eigenvalue weighted by Crippen LogP contribution is 2.49. The molecule has 0 aliphatic carbocycles. The van der Waals surface area contributed by atoms with Gasteiger partial charge in [-0.05, 0) is 81.6 Å². The predicted molar refractivity (Wildman–Crippen MR) is 263 cm³/mol. The number of fused-ring (bicyclic) bond motifs is 3. The molecule has 5 nitrogen and oxygen atoms in total. The molecular weight excluding hydrogens is 757 g/mol. The van der Waals surface area contributed by atoms with Crippen LogP contribution >= 0.6 is 0 Å². The SMILES string of the molecule is CC(C)(C)C1=C(C(C)(C)C)N(c2cccc(C(C)(C)c3ccccc3)c2)CN1c1cccc(Oc2cc(C(C)(C)C)c3c4ccccc4n(-c4cc(C(C)(C)C)ccn4)c3c2)c1. The van der Waals surface area contributed by atoms with Crippen LogP contribution in [-0.2, 0) is 16.2 Å². The fourth-order valence-electron chi connectivity index (χ4n) is 9.39. The Morgan fingerprint density at radius 1 is 0.468 bits per heavy atom. The first kappa shape index (κ1) is 42.9. The van der Waals surface area contributed by atoms with Crippen molar-refractivity contribution in [2.75, 3.05) is 16.5 Å². The van der Waals surface area contributed by atoms with Crippen LogP contribution in [0.2, 0.25) is 0 Å². The van der Waals surface area contributed by atoms with Crippen molar-refractivity contribution in [2.24, 2.45) is 10.8 Å². The molecule has 0 amide bonds. The van der Waals surface area contributed by atoms with E-state index in [9.17, 15) is 0 Å². The van der Waals surface area contributed by atoms with Crippen LogP contribution in [0.25, 0.3) is 27.6 Å². The fraction of sp³-hybridized carbons (Fsp3) is 0.351. The Bertz CT molecular complexity index is 2810. The van der Waals surface area contributed by atoms with Gasteiger partial charge in [0.05, 0.1) is 17.7 Å². The summed E-state index contributed by atoms with van der Waals surface area (Å²) in [5, 5.41) is 2.45. The van der Waals surface area contributed by atoms with Gasteiger partial charge >= 0.3 is 0 Å². The summed E-state index contributed by atoms with van der Waals surface area (Å²) in [6.45, 7) is 33.1. The van der Waals surface area contributed by atoms with Crippen molar-refractivity contribution in [3.63, 3.8) is 0 Å². The Hall–Kier alpha value is -5.81. The maximum Gasteiger partial charge on any atom is 0.137 e. The van der Waals surface area contributed by atoms with Gasteiger partial charge in [-0.25, -0.2) is 4.98 Å². The molecule has 0 saturated heterocycles. The number of pyridine rings is 1. The predicted octanol–water partition coefficient (Wildman–Crippen LogP) is 15.5. The van der Waals surface area contributed by atoms with Gasteiger partial charge in [-0.2, -0.15) is 0 Å². The molecule has 0 unspecified atom stereocenters. The molecule has 1 aliphatic rings. The highest BCUT2D eigenvalue weighted by molar-refractivity contribution is 6.11. The summed E-state index contributed by atoms with van der Waals surface area (Å²) < 4.78 is 9.34. The standard InChI is InChI=1S/C57H66N4O/c1-53(2,3)39-30-31-58-49(33-39)61-47-29-19-18-28-45(47)50-46(54(4,5)6)35-44(36-48(50)61)62-43-27-21-26-42(34-43)60-37-59(51(55(7,8)9)52(60)56(10,11)12)41-25-20-24-40(32-41)57(13,14)38-22-16-15-17-23-38/h15-36H,37H2,1-14H3. The number of anilines is 2. The molecular formula is C57H66N4O. The third-order valence-corrected chi connectivity index (χ3v) is 12.6. The van der Waals surface area contributed by atoms with Crippen LogP contribution in [0.4, 0.5) is 11.4 Å². The van der Waals surface area contributed by atoms with Crippen molar-refractivity contribution >= 4 is 33.2 Å². The number of benzene rings is 5. The van der Waals surface area contributed by atoms with Crippen LogP contribution < -0.4 is 14.5 Å². The molecule has 0 fully saturated rings. The minimum Gasteiger partial charge on any atom is -0.457 e. The van der Waals surface area contributed by atoms with Gasteiger partial charge in [0.2, 0.25) is 0 Å². The van der Waals surface area contributed by atoms with E-state index in [4.69, 9.17) is 9.72 Å². The first-order valence-electron chi connectivity index (χ1n) is 22.3. The summed E-state index contributed by atoms with van der Waals surface area (Å²) >= 11 is 0. The molecule has 5 aromatic carbocycles. The van der Waals surface area contributed by atoms with Gasteiger partial charge in [-0.1, -0.05) is 164 Å². The molecule has 0 saturated carbocycles.